The van der Waals surface area contributed by atoms with Gasteiger partial charge in [0.1, 0.15) is 5.60 Å². The van der Waals surface area contributed by atoms with Crippen LogP contribution in [0.2, 0.25) is 0 Å². The Balaban J connectivity index is 4.03. The fourth-order valence-electron chi connectivity index (χ4n) is 1.69. The lowest BCUT2D eigenvalue weighted by Gasteiger charge is -2.24. The van der Waals surface area contributed by atoms with E-state index in [9.17, 15) is 9.59 Å². The van der Waals surface area contributed by atoms with E-state index in [1.807, 2.05) is 20.8 Å². The highest BCUT2D eigenvalue weighted by atomic mass is 16.6. The van der Waals surface area contributed by atoms with Crippen LogP contribution in [0.1, 0.15) is 41.0 Å². The normalized spacial score (nSPS) is 12.9. The summed E-state index contributed by atoms with van der Waals surface area (Å²) >= 11 is 0. The topological polar surface area (TPSA) is 79.5 Å². The monoisotopic (exact) mass is 301 g/mol. The second-order valence-electron chi connectivity index (χ2n) is 6.51. The van der Waals surface area contributed by atoms with Crippen LogP contribution in [0.25, 0.3) is 0 Å². The van der Waals surface area contributed by atoms with Gasteiger partial charge in [0.15, 0.2) is 0 Å². The Morgan fingerprint density at radius 3 is 2.24 bits per heavy atom. The summed E-state index contributed by atoms with van der Waals surface area (Å²) in [7, 11) is 1.63. The SMILES string of the molecule is CNC(=O)CCNCC(CNC(=O)OC(C)(C)C)C(C)C. The molecule has 0 saturated heterocycles. The number of nitrogens with one attached hydrogen (secondary N) is 3. The van der Waals surface area contributed by atoms with Gasteiger partial charge in [0, 0.05) is 26.6 Å². The molecule has 0 radical (unpaired) electrons. The first-order valence-electron chi connectivity index (χ1n) is 7.54. The molecule has 124 valence electrons. The van der Waals surface area contributed by atoms with Gasteiger partial charge in [-0.05, 0) is 39.2 Å². The summed E-state index contributed by atoms with van der Waals surface area (Å²) in [4.78, 5) is 22.8. The second kappa shape index (κ2) is 9.60. The lowest BCUT2D eigenvalue weighted by molar-refractivity contribution is -0.120. The van der Waals surface area contributed by atoms with Crippen LogP contribution < -0.4 is 16.0 Å². The minimum absolute atomic E-state index is 0.0236. The molecular weight excluding hydrogens is 270 g/mol. The quantitative estimate of drug-likeness (QED) is 0.594. The molecular formula is C15H31N3O3. The first-order valence-corrected chi connectivity index (χ1v) is 7.54. The van der Waals surface area contributed by atoms with E-state index in [0.717, 1.165) is 6.54 Å². The fourth-order valence-corrected chi connectivity index (χ4v) is 1.69. The Hall–Kier alpha value is -1.30. The zero-order valence-corrected chi connectivity index (χ0v) is 14.2. The van der Waals surface area contributed by atoms with Crippen molar-refractivity contribution < 1.29 is 14.3 Å². The predicted octanol–water partition coefficient (Wildman–Crippen LogP) is 1.51. The van der Waals surface area contributed by atoms with E-state index in [0.29, 0.717) is 31.3 Å². The van der Waals surface area contributed by atoms with Gasteiger partial charge in [-0.3, -0.25) is 4.79 Å². The predicted molar refractivity (Wildman–Crippen MR) is 84.1 cm³/mol. The molecule has 0 aliphatic carbocycles. The van der Waals surface area contributed by atoms with Crippen molar-refractivity contribution in [3.8, 4) is 0 Å². The third kappa shape index (κ3) is 11.1. The van der Waals surface area contributed by atoms with Crippen LogP contribution in [0.15, 0.2) is 0 Å². The van der Waals surface area contributed by atoms with Gasteiger partial charge in [-0.2, -0.15) is 0 Å². The van der Waals surface area contributed by atoms with Crippen LogP contribution in [0, 0.1) is 11.8 Å². The average Bonchev–Trinajstić information content (AvgIpc) is 2.34. The molecule has 2 amide bonds. The Labute approximate surface area is 128 Å². The van der Waals surface area contributed by atoms with Crippen molar-refractivity contribution in [3.05, 3.63) is 0 Å². The van der Waals surface area contributed by atoms with Crippen LogP contribution in [0.4, 0.5) is 4.79 Å². The highest BCUT2D eigenvalue weighted by Crippen LogP contribution is 2.10. The van der Waals surface area contributed by atoms with Crippen molar-refractivity contribution in [2.24, 2.45) is 11.8 Å². The number of alkyl carbamates (subject to hydrolysis) is 1. The second-order valence-corrected chi connectivity index (χ2v) is 6.51. The molecule has 0 heterocycles. The molecule has 21 heavy (non-hydrogen) atoms. The Bertz CT molecular complexity index is 325. The van der Waals surface area contributed by atoms with E-state index in [4.69, 9.17) is 4.74 Å². The minimum Gasteiger partial charge on any atom is -0.444 e. The number of hydrogen-bond donors (Lipinski definition) is 3. The molecule has 0 rings (SSSR count). The van der Waals surface area contributed by atoms with E-state index in [2.05, 4.69) is 29.8 Å². The van der Waals surface area contributed by atoms with Crippen molar-refractivity contribution in [1.29, 1.82) is 0 Å². The van der Waals surface area contributed by atoms with Gasteiger partial charge < -0.3 is 20.7 Å². The lowest BCUT2D eigenvalue weighted by atomic mass is 9.96. The molecule has 0 aromatic heterocycles. The van der Waals surface area contributed by atoms with Gasteiger partial charge in [-0.25, -0.2) is 4.79 Å². The van der Waals surface area contributed by atoms with Crippen molar-refractivity contribution in [1.82, 2.24) is 16.0 Å². The van der Waals surface area contributed by atoms with Crippen molar-refractivity contribution in [2.45, 2.75) is 46.6 Å². The maximum atomic E-state index is 11.6. The molecule has 0 fully saturated rings. The molecule has 3 N–H and O–H groups in total. The first-order chi connectivity index (χ1) is 9.65. The number of hydrogen-bond acceptors (Lipinski definition) is 4. The maximum absolute atomic E-state index is 11.6. The number of rotatable bonds is 8. The molecule has 6 heteroatoms. The summed E-state index contributed by atoms with van der Waals surface area (Å²) in [5.74, 6) is 0.741. The Kier molecular flexibility index (Phi) is 9.01. The summed E-state index contributed by atoms with van der Waals surface area (Å²) in [5, 5.41) is 8.64. The molecule has 1 unspecified atom stereocenters. The van der Waals surface area contributed by atoms with Crippen LogP contribution >= 0.6 is 0 Å². The molecule has 0 aromatic carbocycles. The molecule has 0 aliphatic rings. The standard InChI is InChI=1S/C15H31N3O3/c1-11(2)12(9-17-8-7-13(19)16-6)10-18-14(20)21-15(3,4)5/h11-12,17H,7-10H2,1-6H3,(H,16,19)(H,18,20). The summed E-state index contributed by atoms with van der Waals surface area (Å²) in [6.07, 6.45) is 0.0689. The van der Waals surface area contributed by atoms with E-state index < -0.39 is 11.7 Å². The molecule has 0 aliphatic heterocycles. The zero-order valence-electron chi connectivity index (χ0n) is 14.2. The maximum Gasteiger partial charge on any atom is 0.407 e. The summed E-state index contributed by atoms with van der Waals surface area (Å²) in [6, 6.07) is 0. The molecule has 0 spiro atoms. The highest BCUT2D eigenvalue weighted by molar-refractivity contribution is 5.75. The van der Waals surface area contributed by atoms with Crippen LogP contribution in [0.3, 0.4) is 0 Å². The Morgan fingerprint density at radius 2 is 1.76 bits per heavy atom. The molecule has 6 nitrogen and oxygen atoms in total. The molecule has 0 bridgehead atoms. The van der Waals surface area contributed by atoms with Gasteiger partial charge in [0.05, 0.1) is 0 Å². The minimum atomic E-state index is -0.483. The van der Waals surface area contributed by atoms with Gasteiger partial charge in [-0.15, -0.1) is 0 Å². The number of ether oxygens (including phenoxy) is 1. The van der Waals surface area contributed by atoms with E-state index >= 15 is 0 Å². The smallest absolute Gasteiger partial charge is 0.407 e. The fraction of sp³-hybridized carbons (Fsp3) is 0.867. The van der Waals surface area contributed by atoms with Crippen LogP contribution in [0.5, 0.6) is 0 Å². The van der Waals surface area contributed by atoms with Gasteiger partial charge >= 0.3 is 6.09 Å². The van der Waals surface area contributed by atoms with Gasteiger partial charge in [-0.1, -0.05) is 13.8 Å². The van der Waals surface area contributed by atoms with Crippen molar-refractivity contribution in [2.75, 3.05) is 26.7 Å². The Morgan fingerprint density at radius 1 is 1.14 bits per heavy atom. The molecule has 0 aromatic rings. The van der Waals surface area contributed by atoms with Gasteiger partial charge in [0.25, 0.3) is 0 Å². The average molecular weight is 301 g/mol. The summed E-state index contributed by atoms with van der Waals surface area (Å²) < 4.78 is 5.22. The van der Waals surface area contributed by atoms with Gasteiger partial charge in [0.2, 0.25) is 5.91 Å². The largest absolute Gasteiger partial charge is 0.444 e. The molecule has 1 atom stereocenters. The zero-order chi connectivity index (χ0) is 16.5. The number of amides is 2. The highest BCUT2D eigenvalue weighted by Gasteiger charge is 2.18. The summed E-state index contributed by atoms with van der Waals surface area (Å²) in [5.41, 5.74) is -0.483. The third-order valence-electron chi connectivity index (χ3n) is 3.06. The van der Waals surface area contributed by atoms with Crippen LogP contribution in [-0.2, 0) is 9.53 Å². The lowest BCUT2D eigenvalue weighted by Crippen LogP contribution is -2.40. The third-order valence-corrected chi connectivity index (χ3v) is 3.06. The number of carbonyl (C=O) groups is 2. The van der Waals surface area contributed by atoms with E-state index in [1.165, 1.54) is 0 Å². The van der Waals surface area contributed by atoms with Crippen LogP contribution in [-0.4, -0.2) is 44.3 Å². The van der Waals surface area contributed by atoms with Crippen molar-refractivity contribution >= 4 is 12.0 Å². The summed E-state index contributed by atoms with van der Waals surface area (Å²) in [6.45, 7) is 11.7. The first kappa shape index (κ1) is 19.7. The molecule has 0 saturated carbocycles. The van der Waals surface area contributed by atoms with Crippen molar-refractivity contribution in [3.63, 3.8) is 0 Å². The number of carbonyl (C=O) groups excluding carboxylic acids is 2. The van der Waals surface area contributed by atoms with E-state index in [-0.39, 0.29) is 5.91 Å². The van der Waals surface area contributed by atoms with E-state index in [1.54, 1.807) is 7.05 Å².